The molecule has 0 saturated heterocycles. The standard InChI is InChI=1S/C13H18N2O/c1-10(9-11(2)16)14-12-5-7-13(8-6-12)15(3)4/h5-9,14H,1-4H3. The van der Waals surface area contributed by atoms with E-state index in [0.717, 1.165) is 17.1 Å². The highest BCUT2D eigenvalue weighted by atomic mass is 16.1. The lowest BCUT2D eigenvalue weighted by molar-refractivity contribution is -0.112. The first kappa shape index (κ1) is 12.3. The largest absolute Gasteiger partial charge is 0.378 e. The Hall–Kier alpha value is -1.77. The first-order valence-corrected chi connectivity index (χ1v) is 5.22. The van der Waals surface area contributed by atoms with Gasteiger partial charge >= 0.3 is 0 Å². The molecule has 1 aromatic carbocycles. The number of hydrogen-bond acceptors (Lipinski definition) is 3. The summed E-state index contributed by atoms with van der Waals surface area (Å²) in [5.41, 5.74) is 2.99. The molecule has 0 aromatic heterocycles. The van der Waals surface area contributed by atoms with E-state index < -0.39 is 0 Å². The highest BCUT2D eigenvalue weighted by molar-refractivity contribution is 5.88. The third-order valence-corrected chi connectivity index (χ3v) is 2.14. The molecule has 0 bridgehead atoms. The minimum absolute atomic E-state index is 0.0508. The molecule has 3 heteroatoms. The van der Waals surface area contributed by atoms with Crippen molar-refractivity contribution in [3.8, 4) is 0 Å². The second kappa shape index (κ2) is 5.35. The van der Waals surface area contributed by atoms with Crippen LogP contribution >= 0.6 is 0 Å². The molecule has 0 saturated carbocycles. The zero-order valence-corrected chi connectivity index (χ0v) is 10.2. The lowest BCUT2D eigenvalue weighted by Gasteiger charge is -2.13. The molecular weight excluding hydrogens is 200 g/mol. The molecule has 0 fully saturated rings. The molecular formula is C13H18N2O. The molecule has 1 rings (SSSR count). The molecule has 0 heterocycles. The third-order valence-electron chi connectivity index (χ3n) is 2.14. The number of anilines is 2. The lowest BCUT2D eigenvalue weighted by atomic mass is 10.2. The van der Waals surface area contributed by atoms with Crippen LogP contribution in [0.1, 0.15) is 13.8 Å². The molecule has 16 heavy (non-hydrogen) atoms. The fourth-order valence-corrected chi connectivity index (χ4v) is 1.41. The molecule has 0 aliphatic rings. The summed E-state index contributed by atoms with van der Waals surface area (Å²) >= 11 is 0. The van der Waals surface area contributed by atoms with E-state index in [2.05, 4.69) is 5.32 Å². The number of allylic oxidation sites excluding steroid dienone is 2. The van der Waals surface area contributed by atoms with E-state index in [1.165, 1.54) is 0 Å². The Kier molecular flexibility index (Phi) is 4.11. The fraction of sp³-hybridized carbons (Fsp3) is 0.308. The van der Waals surface area contributed by atoms with E-state index in [1.807, 2.05) is 50.2 Å². The number of rotatable bonds is 4. The summed E-state index contributed by atoms with van der Waals surface area (Å²) in [5.74, 6) is 0.0508. The predicted molar refractivity (Wildman–Crippen MR) is 68.8 cm³/mol. The molecule has 0 atom stereocenters. The van der Waals surface area contributed by atoms with Gasteiger partial charge < -0.3 is 10.2 Å². The Morgan fingerprint density at radius 2 is 1.75 bits per heavy atom. The van der Waals surface area contributed by atoms with E-state index in [9.17, 15) is 4.79 Å². The summed E-state index contributed by atoms with van der Waals surface area (Å²) in [4.78, 5) is 12.9. The summed E-state index contributed by atoms with van der Waals surface area (Å²) in [7, 11) is 4.01. The van der Waals surface area contributed by atoms with Crippen molar-refractivity contribution in [3.63, 3.8) is 0 Å². The van der Waals surface area contributed by atoms with Gasteiger partial charge in [0, 0.05) is 31.2 Å². The van der Waals surface area contributed by atoms with E-state index in [-0.39, 0.29) is 5.78 Å². The van der Waals surface area contributed by atoms with E-state index in [0.29, 0.717) is 0 Å². The first-order valence-electron chi connectivity index (χ1n) is 5.22. The smallest absolute Gasteiger partial charge is 0.154 e. The Balaban J connectivity index is 2.72. The average Bonchev–Trinajstić information content (AvgIpc) is 2.16. The highest BCUT2D eigenvalue weighted by Gasteiger charge is 1.97. The van der Waals surface area contributed by atoms with Gasteiger partial charge in [-0.25, -0.2) is 0 Å². The molecule has 0 amide bonds. The molecule has 86 valence electrons. The normalized spacial score (nSPS) is 11.1. The minimum atomic E-state index is 0.0508. The Labute approximate surface area is 96.8 Å². The van der Waals surface area contributed by atoms with Crippen molar-refractivity contribution < 1.29 is 4.79 Å². The van der Waals surface area contributed by atoms with Crippen molar-refractivity contribution in [2.45, 2.75) is 13.8 Å². The second-order valence-electron chi connectivity index (χ2n) is 4.00. The first-order chi connectivity index (χ1) is 7.49. The van der Waals surface area contributed by atoms with Crippen LogP contribution < -0.4 is 10.2 Å². The molecule has 3 nitrogen and oxygen atoms in total. The molecule has 0 aliphatic heterocycles. The van der Waals surface area contributed by atoms with Crippen LogP contribution in [0, 0.1) is 0 Å². The molecule has 0 unspecified atom stereocenters. The van der Waals surface area contributed by atoms with Crippen molar-refractivity contribution in [1.29, 1.82) is 0 Å². The van der Waals surface area contributed by atoms with Crippen LogP contribution in [0.2, 0.25) is 0 Å². The number of hydrogen-bond donors (Lipinski definition) is 1. The van der Waals surface area contributed by atoms with Crippen LogP contribution in [0.4, 0.5) is 11.4 Å². The molecule has 1 aromatic rings. The zero-order valence-electron chi connectivity index (χ0n) is 10.2. The maximum Gasteiger partial charge on any atom is 0.154 e. The van der Waals surface area contributed by atoms with E-state index in [1.54, 1.807) is 13.0 Å². The summed E-state index contributed by atoms with van der Waals surface area (Å²) in [6, 6.07) is 8.05. The second-order valence-corrected chi connectivity index (χ2v) is 4.00. The van der Waals surface area contributed by atoms with Gasteiger partial charge in [-0.2, -0.15) is 0 Å². The number of ketones is 1. The van der Waals surface area contributed by atoms with Crippen LogP contribution in [-0.4, -0.2) is 19.9 Å². The summed E-state index contributed by atoms with van der Waals surface area (Å²) in [6.45, 7) is 3.42. The van der Waals surface area contributed by atoms with Gasteiger partial charge in [0.1, 0.15) is 0 Å². The van der Waals surface area contributed by atoms with Gasteiger partial charge in [-0.3, -0.25) is 4.79 Å². The van der Waals surface area contributed by atoms with Crippen LogP contribution in [0.15, 0.2) is 36.0 Å². The highest BCUT2D eigenvalue weighted by Crippen LogP contribution is 2.16. The lowest BCUT2D eigenvalue weighted by Crippen LogP contribution is -2.08. The molecule has 1 N–H and O–H groups in total. The Bertz CT molecular complexity index is 391. The van der Waals surface area contributed by atoms with Crippen LogP contribution in [-0.2, 0) is 4.79 Å². The van der Waals surface area contributed by atoms with Crippen LogP contribution in [0.25, 0.3) is 0 Å². The summed E-state index contributed by atoms with van der Waals surface area (Å²) in [6.07, 6.45) is 1.58. The Morgan fingerprint density at radius 1 is 1.19 bits per heavy atom. The van der Waals surface area contributed by atoms with Gasteiger partial charge in [0.15, 0.2) is 5.78 Å². The van der Waals surface area contributed by atoms with Gasteiger partial charge in [0.2, 0.25) is 0 Å². The molecule has 0 radical (unpaired) electrons. The van der Waals surface area contributed by atoms with Gasteiger partial charge in [0.05, 0.1) is 0 Å². The average molecular weight is 218 g/mol. The third kappa shape index (κ3) is 3.77. The topological polar surface area (TPSA) is 32.3 Å². The quantitative estimate of drug-likeness (QED) is 0.788. The molecule has 0 aliphatic carbocycles. The fourth-order valence-electron chi connectivity index (χ4n) is 1.41. The maximum atomic E-state index is 10.9. The number of carbonyl (C=O) groups excluding carboxylic acids is 1. The predicted octanol–water partition coefficient (Wildman–Crippen LogP) is 2.66. The summed E-state index contributed by atoms with van der Waals surface area (Å²) < 4.78 is 0. The number of carbonyl (C=O) groups is 1. The van der Waals surface area contributed by atoms with E-state index >= 15 is 0 Å². The number of nitrogens with one attached hydrogen (secondary N) is 1. The zero-order chi connectivity index (χ0) is 12.1. The van der Waals surface area contributed by atoms with Crippen molar-refractivity contribution in [1.82, 2.24) is 0 Å². The van der Waals surface area contributed by atoms with Crippen molar-refractivity contribution in [2.75, 3.05) is 24.3 Å². The van der Waals surface area contributed by atoms with Crippen LogP contribution in [0.3, 0.4) is 0 Å². The van der Waals surface area contributed by atoms with E-state index in [4.69, 9.17) is 0 Å². The molecule has 0 spiro atoms. The maximum absolute atomic E-state index is 10.9. The van der Waals surface area contributed by atoms with Gasteiger partial charge in [0.25, 0.3) is 0 Å². The minimum Gasteiger partial charge on any atom is -0.378 e. The van der Waals surface area contributed by atoms with Gasteiger partial charge in [-0.1, -0.05) is 0 Å². The number of nitrogens with zero attached hydrogens (tertiary/aromatic N) is 1. The Morgan fingerprint density at radius 3 is 2.19 bits per heavy atom. The van der Waals surface area contributed by atoms with Crippen LogP contribution in [0.5, 0.6) is 0 Å². The van der Waals surface area contributed by atoms with Gasteiger partial charge in [-0.15, -0.1) is 0 Å². The van der Waals surface area contributed by atoms with Crippen molar-refractivity contribution in [3.05, 3.63) is 36.0 Å². The SMILES string of the molecule is CC(=O)C=C(C)Nc1ccc(N(C)C)cc1. The van der Waals surface area contributed by atoms with Gasteiger partial charge in [-0.05, 0) is 44.2 Å². The number of benzene rings is 1. The summed E-state index contributed by atoms with van der Waals surface area (Å²) in [5, 5.41) is 3.16. The monoisotopic (exact) mass is 218 g/mol. The van der Waals surface area contributed by atoms with Crippen molar-refractivity contribution >= 4 is 17.2 Å². The van der Waals surface area contributed by atoms with Crippen molar-refractivity contribution in [2.24, 2.45) is 0 Å².